The molecule has 10 heteroatoms. The number of carbonyl (C=O) groups excluding carboxylic acids is 1. The third-order valence-electron chi connectivity index (χ3n) is 2.95. The van der Waals surface area contributed by atoms with Gasteiger partial charge in [0.25, 0.3) is 16.0 Å². The Kier molecular flexibility index (Phi) is 5.30. The molecule has 1 aromatic carbocycles. The van der Waals surface area contributed by atoms with Crippen LogP contribution < -0.4 is 4.74 Å². The van der Waals surface area contributed by atoms with E-state index in [1.54, 1.807) is 12.1 Å². The van der Waals surface area contributed by atoms with Crippen molar-refractivity contribution in [2.24, 2.45) is 0 Å². The van der Waals surface area contributed by atoms with Gasteiger partial charge in [0.15, 0.2) is 11.5 Å². The first-order chi connectivity index (χ1) is 10.7. The zero-order valence-corrected chi connectivity index (χ0v) is 14.4. The third-order valence-corrected chi connectivity index (χ3v) is 5.02. The van der Waals surface area contributed by atoms with Crippen molar-refractivity contribution >= 4 is 50.4 Å². The van der Waals surface area contributed by atoms with Gasteiger partial charge in [-0.15, -0.1) is 0 Å². The van der Waals surface area contributed by atoms with Gasteiger partial charge >= 0.3 is 0 Å². The molecule has 2 rings (SSSR count). The average molecular weight is 375 g/mol. The molecule has 0 aromatic heterocycles. The highest BCUT2D eigenvalue weighted by molar-refractivity contribution is 8.26. The van der Waals surface area contributed by atoms with Gasteiger partial charge in [-0.05, 0) is 23.8 Å². The fraction of sp³-hybridized carbons (Fsp3) is 0.231. The monoisotopic (exact) mass is 375 g/mol. The molecule has 0 radical (unpaired) electrons. The molecule has 2 N–H and O–H groups in total. The second kappa shape index (κ2) is 6.87. The molecular weight excluding hydrogens is 362 g/mol. The van der Waals surface area contributed by atoms with Gasteiger partial charge in [-0.3, -0.25) is 14.2 Å². The first kappa shape index (κ1) is 17.7. The number of thioether (sulfide) groups is 1. The number of thiocarbonyl (C=S) groups is 1. The summed E-state index contributed by atoms with van der Waals surface area (Å²) in [5.41, 5.74) is 0.568. The van der Waals surface area contributed by atoms with Crippen molar-refractivity contribution in [1.82, 2.24) is 4.90 Å². The second-order valence-corrected chi connectivity index (χ2v) is 7.80. The fourth-order valence-electron chi connectivity index (χ4n) is 1.85. The minimum Gasteiger partial charge on any atom is -0.504 e. The lowest BCUT2D eigenvalue weighted by Gasteiger charge is -2.12. The molecular formula is C13H13NO6S3. The van der Waals surface area contributed by atoms with E-state index in [0.29, 0.717) is 16.2 Å². The van der Waals surface area contributed by atoms with Crippen LogP contribution in [0.3, 0.4) is 0 Å². The van der Waals surface area contributed by atoms with Crippen molar-refractivity contribution in [3.05, 3.63) is 28.7 Å². The van der Waals surface area contributed by atoms with E-state index in [9.17, 15) is 18.3 Å². The molecule has 7 nitrogen and oxygen atoms in total. The number of aromatic hydroxyl groups is 1. The quantitative estimate of drug-likeness (QED) is 0.453. The molecule has 1 aromatic rings. The summed E-state index contributed by atoms with van der Waals surface area (Å²) >= 11 is 6.07. The number of hydrogen-bond acceptors (Lipinski definition) is 7. The summed E-state index contributed by atoms with van der Waals surface area (Å²) < 4.78 is 35.5. The number of phenolic OH excluding ortho intramolecular Hbond substituents is 1. The zero-order chi connectivity index (χ0) is 17.2. The molecule has 0 atom stereocenters. The molecule has 0 unspecified atom stereocenters. The molecule has 0 saturated carbocycles. The molecule has 1 fully saturated rings. The summed E-state index contributed by atoms with van der Waals surface area (Å²) in [5, 5.41) is 9.73. The van der Waals surface area contributed by atoms with Crippen LogP contribution in [0.1, 0.15) is 5.56 Å². The molecule has 23 heavy (non-hydrogen) atoms. The largest absolute Gasteiger partial charge is 0.504 e. The maximum atomic E-state index is 12.2. The van der Waals surface area contributed by atoms with E-state index in [-0.39, 0.29) is 16.6 Å². The Bertz CT molecular complexity index is 787. The van der Waals surface area contributed by atoms with E-state index < -0.39 is 21.8 Å². The lowest BCUT2D eigenvalue weighted by Crippen LogP contribution is -2.32. The molecule has 1 amide bonds. The predicted molar refractivity (Wildman–Crippen MR) is 91.0 cm³/mol. The Balaban J connectivity index is 2.19. The fourth-order valence-corrected chi connectivity index (χ4v) is 3.57. The summed E-state index contributed by atoms with van der Waals surface area (Å²) in [4.78, 5) is 13.6. The van der Waals surface area contributed by atoms with Gasteiger partial charge in [0.2, 0.25) is 0 Å². The number of phenols is 1. The standard InChI is InChI=1S/C13H13NO6S3/c1-20-10-3-2-8(6-9(10)15)7-11-12(16)14(13(21)22-11)4-5-23(17,18)19/h2-3,6-7,15H,4-5H2,1H3,(H,17,18,19)/b11-7-. The van der Waals surface area contributed by atoms with Crippen LogP contribution in [-0.4, -0.2) is 52.6 Å². The molecule has 1 saturated heterocycles. The van der Waals surface area contributed by atoms with Crippen molar-refractivity contribution in [1.29, 1.82) is 0 Å². The van der Waals surface area contributed by atoms with Gasteiger partial charge in [0.05, 0.1) is 17.8 Å². The van der Waals surface area contributed by atoms with Gasteiger partial charge in [-0.1, -0.05) is 30.0 Å². The van der Waals surface area contributed by atoms with E-state index in [0.717, 1.165) is 16.7 Å². The molecule has 0 bridgehead atoms. The molecule has 1 aliphatic heterocycles. The van der Waals surface area contributed by atoms with E-state index in [1.165, 1.54) is 19.3 Å². The Labute approximate surface area is 142 Å². The van der Waals surface area contributed by atoms with Crippen LogP contribution in [0.4, 0.5) is 0 Å². The summed E-state index contributed by atoms with van der Waals surface area (Å²) in [7, 11) is -2.75. The Hall–Kier alpha value is -1.62. The highest BCUT2D eigenvalue weighted by Gasteiger charge is 2.32. The SMILES string of the molecule is COc1ccc(/C=C2\SC(=S)N(CCS(=O)(=O)O)C2=O)cc1O. The zero-order valence-electron chi connectivity index (χ0n) is 11.9. The predicted octanol–water partition coefficient (Wildman–Crippen LogP) is 1.49. The highest BCUT2D eigenvalue weighted by Crippen LogP contribution is 2.34. The topological polar surface area (TPSA) is 104 Å². The summed E-state index contributed by atoms with van der Waals surface area (Å²) in [6, 6.07) is 4.65. The second-order valence-electron chi connectivity index (χ2n) is 4.55. The maximum Gasteiger partial charge on any atom is 0.266 e. The van der Waals surface area contributed by atoms with Gasteiger partial charge in [-0.25, -0.2) is 0 Å². The minimum atomic E-state index is -4.18. The van der Waals surface area contributed by atoms with Crippen molar-refractivity contribution in [2.75, 3.05) is 19.4 Å². The number of benzene rings is 1. The number of rotatable bonds is 5. The van der Waals surface area contributed by atoms with Crippen molar-refractivity contribution < 1.29 is 27.6 Å². The minimum absolute atomic E-state index is 0.0666. The lowest BCUT2D eigenvalue weighted by molar-refractivity contribution is -0.121. The lowest BCUT2D eigenvalue weighted by atomic mass is 10.2. The first-order valence-corrected chi connectivity index (χ1v) is 9.12. The van der Waals surface area contributed by atoms with Crippen LogP contribution in [0.2, 0.25) is 0 Å². The number of ether oxygens (including phenoxy) is 1. The number of methoxy groups -OCH3 is 1. The maximum absolute atomic E-state index is 12.2. The van der Waals surface area contributed by atoms with Crippen LogP contribution in [0, 0.1) is 0 Å². The summed E-state index contributed by atoms with van der Waals surface area (Å²) in [5.74, 6) is -0.791. The Morgan fingerprint density at radius 2 is 2.13 bits per heavy atom. The van der Waals surface area contributed by atoms with E-state index in [4.69, 9.17) is 21.5 Å². The van der Waals surface area contributed by atoms with Gasteiger partial charge in [0, 0.05) is 6.54 Å². The molecule has 124 valence electrons. The molecule has 1 heterocycles. The first-order valence-electron chi connectivity index (χ1n) is 6.29. The van der Waals surface area contributed by atoms with E-state index in [2.05, 4.69) is 0 Å². The number of amides is 1. The Morgan fingerprint density at radius 1 is 1.43 bits per heavy atom. The number of carbonyl (C=O) groups is 1. The third kappa shape index (κ3) is 4.44. The van der Waals surface area contributed by atoms with E-state index in [1.807, 2.05) is 0 Å². The van der Waals surface area contributed by atoms with Gasteiger partial charge in [-0.2, -0.15) is 8.42 Å². The van der Waals surface area contributed by atoms with Crippen LogP contribution in [0.5, 0.6) is 11.5 Å². The number of nitrogens with zero attached hydrogens (tertiary/aromatic N) is 1. The Morgan fingerprint density at radius 3 is 2.70 bits per heavy atom. The summed E-state index contributed by atoms with van der Waals surface area (Å²) in [6.45, 7) is -0.214. The van der Waals surface area contributed by atoms with E-state index >= 15 is 0 Å². The molecule has 0 spiro atoms. The smallest absolute Gasteiger partial charge is 0.266 e. The average Bonchev–Trinajstić information content (AvgIpc) is 2.71. The van der Waals surface area contributed by atoms with Gasteiger partial charge < -0.3 is 9.84 Å². The van der Waals surface area contributed by atoms with Crippen LogP contribution in [0.15, 0.2) is 23.1 Å². The van der Waals surface area contributed by atoms with Crippen LogP contribution in [-0.2, 0) is 14.9 Å². The summed E-state index contributed by atoms with van der Waals surface area (Å²) in [6.07, 6.45) is 1.53. The normalized spacial score (nSPS) is 17.1. The van der Waals surface area contributed by atoms with Gasteiger partial charge in [0.1, 0.15) is 4.32 Å². The molecule has 0 aliphatic carbocycles. The number of hydrogen-bond donors (Lipinski definition) is 2. The highest BCUT2D eigenvalue weighted by atomic mass is 32.2. The van der Waals surface area contributed by atoms with Crippen LogP contribution in [0.25, 0.3) is 6.08 Å². The van der Waals surface area contributed by atoms with Crippen molar-refractivity contribution in [3.8, 4) is 11.5 Å². The van der Waals surface area contributed by atoms with Crippen molar-refractivity contribution in [2.45, 2.75) is 0 Å². The molecule has 1 aliphatic rings. The van der Waals surface area contributed by atoms with Crippen molar-refractivity contribution in [3.63, 3.8) is 0 Å². The van der Waals surface area contributed by atoms with Crippen LogP contribution >= 0.6 is 24.0 Å².